The van der Waals surface area contributed by atoms with Crippen LogP contribution in [0.2, 0.25) is 0 Å². The van der Waals surface area contributed by atoms with E-state index in [1.807, 2.05) is 13.0 Å². The highest BCUT2D eigenvalue weighted by molar-refractivity contribution is 5.31. The second-order valence-corrected chi connectivity index (χ2v) is 2.61. The number of halogens is 1. The lowest BCUT2D eigenvalue weighted by atomic mass is 10.1. The standard InChI is InChI=1S/C9H12FN/c1-3-7(2)6-8-4-5-11-9(8)10/h3,6,11H,1,4-5H2,2H3/b7-6-. The van der Waals surface area contributed by atoms with Crippen molar-refractivity contribution in [2.75, 3.05) is 6.54 Å². The Kier molecular flexibility index (Phi) is 2.47. The topological polar surface area (TPSA) is 12.0 Å². The lowest BCUT2D eigenvalue weighted by Gasteiger charge is -1.92. The Hall–Kier alpha value is -1.05. The molecule has 0 atom stereocenters. The number of allylic oxidation sites excluding steroid dienone is 3. The van der Waals surface area contributed by atoms with E-state index in [9.17, 15) is 4.39 Å². The highest BCUT2D eigenvalue weighted by Gasteiger charge is 2.10. The summed E-state index contributed by atoms with van der Waals surface area (Å²) in [6.07, 6.45) is 4.32. The summed E-state index contributed by atoms with van der Waals surface area (Å²) >= 11 is 0. The van der Waals surface area contributed by atoms with Gasteiger partial charge in [-0.3, -0.25) is 0 Å². The first-order chi connectivity index (χ1) is 5.24. The first kappa shape index (κ1) is 8.05. The van der Waals surface area contributed by atoms with Crippen molar-refractivity contribution < 1.29 is 4.39 Å². The summed E-state index contributed by atoms with van der Waals surface area (Å²) in [6.45, 7) is 6.21. The summed E-state index contributed by atoms with van der Waals surface area (Å²) in [7, 11) is 0. The number of rotatable bonds is 2. The molecule has 0 spiro atoms. The summed E-state index contributed by atoms with van der Waals surface area (Å²) < 4.78 is 12.8. The molecule has 0 aromatic carbocycles. The van der Waals surface area contributed by atoms with Crippen LogP contribution >= 0.6 is 0 Å². The van der Waals surface area contributed by atoms with Gasteiger partial charge in [0.1, 0.15) is 0 Å². The fourth-order valence-electron chi connectivity index (χ4n) is 0.999. The highest BCUT2D eigenvalue weighted by Crippen LogP contribution is 2.17. The van der Waals surface area contributed by atoms with Gasteiger partial charge in [-0.05, 0) is 13.3 Å². The zero-order chi connectivity index (χ0) is 8.27. The Balaban J connectivity index is 2.75. The number of nitrogens with one attached hydrogen (secondary N) is 1. The van der Waals surface area contributed by atoms with Crippen molar-refractivity contribution in [3.05, 3.63) is 35.8 Å². The highest BCUT2D eigenvalue weighted by atomic mass is 19.1. The van der Waals surface area contributed by atoms with Crippen LogP contribution in [0.15, 0.2) is 35.8 Å². The van der Waals surface area contributed by atoms with Gasteiger partial charge in [0, 0.05) is 12.1 Å². The summed E-state index contributed by atoms with van der Waals surface area (Å²) in [4.78, 5) is 0. The van der Waals surface area contributed by atoms with Crippen LogP contribution < -0.4 is 5.32 Å². The van der Waals surface area contributed by atoms with Crippen molar-refractivity contribution in [2.45, 2.75) is 13.3 Å². The fraction of sp³-hybridized carbons (Fsp3) is 0.333. The predicted octanol–water partition coefficient (Wildman–Crippen LogP) is 2.29. The molecular formula is C9H12FN. The van der Waals surface area contributed by atoms with Crippen LogP contribution in [0.25, 0.3) is 0 Å². The SMILES string of the molecule is C=C/C(C)=C\C1=C(F)NCC1. The van der Waals surface area contributed by atoms with Crippen LogP contribution in [0.3, 0.4) is 0 Å². The van der Waals surface area contributed by atoms with Gasteiger partial charge >= 0.3 is 0 Å². The maximum absolute atomic E-state index is 12.8. The molecule has 0 saturated heterocycles. The minimum absolute atomic E-state index is 0.189. The minimum Gasteiger partial charge on any atom is -0.361 e. The van der Waals surface area contributed by atoms with E-state index in [4.69, 9.17) is 0 Å². The Morgan fingerprint density at radius 2 is 2.45 bits per heavy atom. The van der Waals surface area contributed by atoms with E-state index in [0.717, 1.165) is 17.6 Å². The molecule has 0 saturated carbocycles. The van der Waals surface area contributed by atoms with Gasteiger partial charge in [-0.2, -0.15) is 4.39 Å². The molecule has 60 valence electrons. The summed E-state index contributed by atoms with van der Waals surface area (Å²) in [5.41, 5.74) is 1.75. The molecule has 0 aromatic rings. The largest absolute Gasteiger partial charge is 0.361 e. The van der Waals surface area contributed by atoms with E-state index < -0.39 is 0 Å². The molecule has 1 nitrogen and oxygen atoms in total. The van der Waals surface area contributed by atoms with E-state index in [-0.39, 0.29) is 5.95 Å². The molecule has 11 heavy (non-hydrogen) atoms. The zero-order valence-electron chi connectivity index (χ0n) is 6.65. The van der Waals surface area contributed by atoms with Gasteiger partial charge in [-0.15, -0.1) is 0 Å². The molecule has 0 bridgehead atoms. The first-order valence-corrected chi connectivity index (χ1v) is 3.67. The minimum atomic E-state index is -0.189. The van der Waals surface area contributed by atoms with Crippen molar-refractivity contribution in [3.8, 4) is 0 Å². The third-order valence-electron chi connectivity index (χ3n) is 1.68. The van der Waals surface area contributed by atoms with Gasteiger partial charge in [0.2, 0.25) is 0 Å². The molecule has 2 heteroatoms. The van der Waals surface area contributed by atoms with Gasteiger partial charge < -0.3 is 5.32 Å². The average molecular weight is 153 g/mol. The molecule has 1 N–H and O–H groups in total. The van der Waals surface area contributed by atoms with Crippen molar-refractivity contribution in [3.63, 3.8) is 0 Å². The van der Waals surface area contributed by atoms with Crippen LogP contribution in [0.1, 0.15) is 13.3 Å². The van der Waals surface area contributed by atoms with E-state index in [1.54, 1.807) is 6.08 Å². The molecule has 0 amide bonds. The second-order valence-electron chi connectivity index (χ2n) is 2.61. The van der Waals surface area contributed by atoms with Gasteiger partial charge in [0.15, 0.2) is 5.95 Å². The summed E-state index contributed by atoms with van der Waals surface area (Å²) in [6, 6.07) is 0. The fourth-order valence-corrected chi connectivity index (χ4v) is 0.999. The molecule has 1 aliphatic heterocycles. The van der Waals surface area contributed by atoms with Gasteiger partial charge in [0.25, 0.3) is 0 Å². The second kappa shape index (κ2) is 3.37. The lowest BCUT2D eigenvalue weighted by Crippen LogP contribution is -2.02. The van der Waals surface area contributed by atoms with Crippen molar-refractivity contribution in [1.29, 1.82) is 0 Å². The smallest absolute Gasteiger partial charge is 0.190 e. The van der Waals surface area contributed by atoms with Crippen LogP contribution in [0.4, 0.5) is 4.39 Å². The van der Waals surface area contributed by atoms with E-state index in [2.05, 4.69) is 11.9 Å². The first-order valence-electron chi connectivity index (χ1n) is 3.67. The Bertz CT molecular complexity index is 226. The molecule has 1 heterocycles. The van der Waals surface area contributed by atoms with Crippen molar-refractivity contribution in [2.24, 2.45) is 0 Å². The predicted molar refractivity (Wildman–Crippen MR) is 44.7 cm³/mol. The monoisotopic (exact) mass is 153 g/mol. The lowest BCUT2D eigenvalue weighted by molar-refractivity contribution is 0.571. The van der Waals surface area contributed by atoms with E-state index in [1.165, 1.54) is 0 Å². The van der Waals surface area contributed by atoms with Crippen molar-refractivity contribution >= 4 is 0 Å². The molecule has 1 aliphatic rings. The number of hydrogen-bond acceptors (Lipinski definition) is 1. The van der Waals surface area contributed by atoms with E-state index >= 15 is 0 Å². The normalized spacial score (nSPS) is 18.5. The third kappa shape index (κ3) is 1.93. The van der Waals surface area contributed by atoms with Gasteiger partial charge in [0.05, 0.1) is 0 Å². The molecule has 0 aliphatic carbocycles. The van der Waals surface area contributed by atoms with E-state index in [0.29, 0.717) is 6.54 Å². The summed E-state index contributed by atoms with van der Waals surface area (Å²) in [5.74, 6) is -0.189. The third-order valence-corrected chi connectivity index (χ3v) is 1.68. The summed E-state index contributed by atoms with van der Waals surface area (Å²) in [5, 5.41) is 2.63. The van der Waals surface area contributed by atoms with Crippen molar-refractivity contribution in [1.82, 2.24) is 5.32 Å². The quantitative estimate of drug-likeness (QED) is 0.474. The van der Waals surface area contributed by atoms with Gasteiger partial charge in [-0.25, -0.2) is 0 Å². The Labute approximate surface area is 66.3 Å². The Morgan fingerprint density at radius 1 is 1.73 bits per heavy atom. The van der Waals surface area contributed by atoms with Crippen LogP contribution in [0, 0.1) is 0 Å². The molecule has 0 unspecified atom stereocenters. The maximum atomic E-state index is 12.8. The molecule has 1 rings (SSSR count). The van der Waals surface area contributed by atoms with Crippen LogP contribution in [-0.2, 0) is 0 Å². The van der Waals surface area contributed by atoms with Crippen LogP contribution in [0.5, 0.6) is 0 Å². The van der Waals surface area contributed by atoms with Crippen LogP contribution in [-0.4, -0.2) is 6.54 Å². The Morgan fingerprint density at radius 3 is 2.91 bits per heavy atom. The zero-order valence-corrected chi connectivity index (χ0v) is 6.65. The maximum Gasteiger partial charge on any atom is 0.190 e. The average Bonchev–Trinajstić information content (AvgIpc) is 2.37. The molecule has 0 aromatic heterocycles. The number of hydrogen-bond donors (Lipinski definition) is 1. The molecule has 0 fully saturated rings. The molecule has 0 radical (unpaired) electrons. The van der Waals surface area contributed by atoms with Gasteiger partial charge in [-0.1, -0.05) is 24.3 Å². The molecular weight excluding hydrogens is 141 g/mol.